The van der Waals surface area contributed by atoms with Gasteiger partial charge in [0.15, 0.2) is 0 Å². The molecule has 0 radical (unpaired) electrons. The van der Waals surface area contributed by atoms with E-state index in [1.807, 2.05) is 6.92 Å². The maximum absolute atomic E-state index is 11.0. The van der Waals surface area contributed by atoms with E-state index in [0.29, 0.717) is 18.7 Å². The summed E-state index contributed by atoms with van der Waals surface area (Å²) in [6.45, 7) is 3.28. The van der Waals surface area contributed by atoms with Crippen LogP contribution >= 0.6 is 0 Å². The van der Waals surface area contributed by atoms with E-state index in [-0.39, 0.29) is 29.0 Å². The van der Waals surface area contributed by atoms with E-state index >= 15 is 0 Å². The van der Waals surface area contributed by atoms with Crippen molar-refractivity contribution in [2.75, 3.05) is 13.1 Å². The molecule has 19 heavy (non-hydrogen) atoms. The van der Waals surface area contributed by atoms with Crippen LogP contribution in [-0.2, 0) is 4.79 Å². The molecule has 1 aliphatic rings. The molecule has 2 rings (SSSR count). The summed E-state index contributed by atoms with van der Waals surface area (Å²) in [6, 6.07) is 6.63. The fourth-order valence-corrected chi connectivity index (χ4v) is 2.51. The summed E-state index contributed by atoms with van der Waals surface area (Å²) in [5, 5.41) is 19.7. The number of nitro benzene ring substituents is 1. The number of aliphatic carboxylic acids is 1. The zero-order valence-corrected chi connectivity index (χ0v) is 10.7. The van der Waals surface area contributed by atoms with Gasteiger partial charge in [-0.1, -0.05) is 18.2 Å². The summed E-state index contributed by atoms with van der Waals surface area (Å²) in [5.41, 5.74) is 0.804. The molecule has 0 bridgehead atoms. The van der Waals surface area contributed by atoms with Gasteiger partial charge in [0.1, 0.15) is 0 Å². The van der Waals surface area contributed by atoms with Crippen LogP contribution < -0.4 is 0 Å². The molecule has 0 amide bonds. The first-order valence-corrected chi connectivity index (χ1v) is 6.18. The van der Waals surface area contributed by atoms with Crippen molar-refractivity contribution < 1.29 is 14.8 Å². The summed E-state index contributed by atoms with van der Waals surface area (Å²) in [7, 11) is 0. The van der Waals surface area contributed by atoms with Crippen molar-refractivity contribution in [3.05, 3.63) is 39.9 Å². The highest BCUT2D eigenvalue weighted by atomic mass is 16.6. The van der Waals surface area contributed by atoms with Gasteiger partial charge in [0.25, 0.3) is 5.69 Å². The van der Waals surface area contributed by atoms with Gasteiger partial charge in [-0.3, -0.25) is 19.8 Å². The molecule has 0 aromatic heterocycles. The van der Waals surface area contributed by atoms with Gasteiger partial charge in [-0.25, -0.2) is 0 Å². The number of carboxylic acid groups (broad SMARTS) is 1. The van der Waals surface area contributed by atoms with Crippen molar-refractivity contribution in [1.82, 2.24) is 4.90 Å². The predicted molar refractivity (Wildman–Crippen MR) is 68.8 cm³/mol. The van der Waals surface area contributed by atoms with E-state index in [4.69, 9.17) is 5.11 Å². The van der Waals surface area contributed by atoms with Gasteiger partial charge >= 0.3 is 5.97 Å². The molecule has 6 heteroatoms. The third kappa shape index (κ3) is 2.90. The normalized spacial score (nSPS) is 17.7. The van der Waals surface area contributed by atoms with Gasteiger partial charge in [-0.05, 0) is 12.8 Å². The SMILES string of the molecule is CC(c1ccccc1[N+](=O)[O-])N1CC(CC(=O)O)C1. The lowest BCUT2D eigenvalue weighted by atomic mass is 9.92. The minimum atomic E-state index is -0.789. The van der Waals surface area contributed by atoms with Gasteiger partial charge in [0.2, 0.25) is 0 Å². The van der Waals surface area contributed by atoms with E-state index in [9.17, 15) is 14.9 Å². The Morgan fingerprint density at radius 3 is 2.74 bits per heavy atom. The second-order valence-electron chi connectivity index (χ2n) is 4.91. The first-order valence-electron chi connectivity index (χ1n) is 6.18. The fourth-order valence-electron chi connectivity index (χ4n) is 2.51. The Morgan fingerprint density at radius 1 is 1.53 bits per heavy atom. The average Bonchev–Trinajstić information content (AvgIpc) is 2.32. The van der Waals surface area contributed by atoms with Crippen LogP contribution in [-0.4, -0.2) is 34.0 Å². The molecule has 1 atom stereocenters. The lowest BCUT2D eigenvalue weighted by Gasteiger charge is -2.42. The fraction of sp³-hybridized carbons (Fsp3) is 0.462. The molecule has 1 N–H and O–H groups in total. The molecule has 0 saturated carbocycles. The highest BCUT2D eigenvalue weighted by Crippen LogP contribution is 2.34. The summed E-state index contributed by atoms with van der Waals surface area (Å²) in [5.74, 6) is -0.634. The first-order chi connectivity index (χ1) is 8.99. The lowest BCUT2D eigenvalue weighted by molar-refractivity contribution is -0.386. The molecule has 1 unspecified atom stereocenters. The quantitative estimate of drug-likeness (QED) is 0.650. The van der Waals surface area contributed by atoms with Crippen molar-refractivity contribution >= 4 is 11.7 Å². The second-order valence-corrected chi connectivity index (χ2v) is 4.91. The number of carboxylic acids is 1. The van der Waals surface area contributed by atoms with Crippen LogP contribution in [0, 0.1) is 16.0 Å². The maximum Gasteiger partial charge on any atom is 0.303 e. The van der Waals surface area contributed by atoms with E-state index in [0.717, 1.165) is 0 Å². The van der Waals surface area contributed by atoms with Crippen LogP contribution in [0.5, 0.6) is 0 Å². The van der Waals surface area contributed by atoms with Gasteiger partial charge < -0.3 is 5.11 Å². The lowest BCUT2D eigenvalue weighted by Crippen LogP contribution is -2.48. The van der Waals surface area contributed by atoms with E-state index < -0.39 is 5.97 Å². The topological polar surface area (TPSA) is 83.7 Å². The third-order valence-corrected chi connectivity index (χ3v) is 3.58. The highest BCUT2D eigenvalue weighted by Gasteiger charge is 2.34. The van der Waals surface area contributed by atoms with Crippen LogP contribution in [0.2, 0.25) is 0 Å². The Hall–Kier alpha value is -1.95. The number of nitro groups is 1. The average molecular weight is 264 g/mol. The highest BCUT2D eigenvalue weighted by molar-refractivity contribution is 5.67. The second kappa shape index (κ2) is 5.36. The zero-order chi connectivity index (χ0) is 14.0. The van der Waals surface area contributed by atoms with Crippen molar-refractivity contribution in [2.45, 2.75) is 19.4 Å². The van der Waals surface area contributed by atoms with Crippen molar-refractivity contribution in [2.24, 2.45) is 5.92 Å². The molecule has 102 valence electrons. The summed E-state index contributed by atoms with van der Waals surface area (Å²) in [6.07, 6.45) is 0.167. The number of likely N-dealkylation sites (tertiary alicyclic amines) is 1. The van der Waals surface area contributed by atoms with Crippen LogP contribution in [0.4, 0.5) is 5.69 Å². The Morgan fingerprint density at radius 2 is 2.16 bits per heavy atom. The minimum Gasteiger partial charge on any atom is -0.481 e. The molecule has 1 fully saturated rings. The van der Waals surface area contributed by atoms with Gasteiger partial charge in [0, 0.05) is 30.8 Å². The van der Waals surface area contributed by atoms with Gasteiger partial charge in [-0.15, -0.1) is 0 Å². The summed E-state index contributed by atoms with van der Waals surface area (Å²) in [4.78, 5) is 23.2. The molecule has 0 spiro atoms. The molecule has 1 aromatic rings. The van der Waals surface area contributed by atoms with Crippen LogP contribution in [0.25, 0.3) is 0 Å². The summed E-state index contributed by atoms with van der Waals surface area (Å²) < 4.78 is 0. The molecule has 1 saturated heterocycles. The Balaban J connectivity index is 2.04. The molecular formula is C13H16N2O4. The predicted octanol–water partition coefficient (Wildman–Crippen LogP) is 2.06. The maximum atomic E-state index is 11.0. The van der Waals surface area contributed by atoms with Crippen molar-refractivity contribution in [1.29, 1.82) is 0 Å². The van der Waals surface area contributed by atoms with Crippen molar-refractivity contribution in [3.63, 3.8) is 0 Å². The number of carbonyl (C=O) groups is 1. The van der Waals surface area contributed by atoms with Crippen molar-refractivity contribution in [3.8, 4) is 0 Å². The number of benzene rings is 1. The van der Waals surface area contributed by atoms with Gasteiger partial charge in [-0.2, -0.15) is 0 Å². The minimum absolute atomic E-state index is 0.0633. The van der Waals surface area contributed by atoms with Gasteiger partial charge in [0.05, 0.1) is 11.3 Å². The Bertz CT molecular complexity index is 497. The van der Waals surface area contributed by atoms with Crippen LogP contribution in [0.15, 0.2) is 24.3 Å². The molecule has 1 heterocycles. The number of para-hydroxylation sites is 1. The Labute approximate surface area is 110 Å². The van der Waals surface area contributed by atoms with Crippen LogP contribution in [0.1, 0.15) is 24.9 Å². The number of hydrogen-bond donors (Lipinski definition) is 1. The number of nitrogens with zero attached hydrogens (tertiary/aromatic N) is 2. The Kier molecular flexibility index (Phi) is 3.80. The monoisotopic (exact) mass is 264 g/mol. The molecule has 6 nitrogen and oxygen atoms in total. The largest absolute Gasteiger partial charge is 0.481 e. The van der Waals surface area contributed by atoms with E-state index in [2.05, 4.69) is 4.90 Å². The molecule has 0 aliphatic carbocycles. The molecular weight excluding hydrogens is 248 g/mol. The smallest absolute Gasteiger partial charge is 0.303 e. The van der Waals surface area contributed by atoms with Crippen LogP contribution in [0.3, 0.4) is 0 Å². The number of hydrogen-bond acceptors (Lipinski definition) is 4. The van der Waals surface area contributed by atoms with E-state index in [1.54, 1.807) is 18.2 Å². The van der Waals surface area contributed by atoms with E-state index in [1.165, 1.54) is 6.07 Å². The standard InChI is InChI=1S/C13H16N2O4/c1-9(14-7-10(8-14)6-13(16)17)11-4-2-3-5-12(11)15(18)19/h2-5,9-10H,6-8H2,1H3,(H,16,17). The summed E-state index contributed by atoms with van der Waals surface area (Å²) >= 11 is 0. The zero-order valence-electron chi connectivity index (χ0n) is 10.7. The molecule has 1 aliphatic heterocycles. The molecule has 1 aromatic carbocycles. The first kappa shape index (κ1) is 13.5. The third-order valence-electron chi connectivity index (χ3n) is 3.58. The number of rotatable bonds is 5.